The van der Waals surface area contributed by atoms with Crippen LogP contribution in [-0.4, -0.2) is 49.2 Å². The lowest BCUT2D eigenvalue weighted by atomic mass is 10.1. The van der Waals surface area contributed by atoms with E-state index in [1.165, 1.54) is 6.07 Å². The molecule has 1 aliphatic rings. The van der Waals surface area contributed by atoms with Crippen LogP contribution >= 0.6 is 11.8 Å². The molecule has 4 rings (SSSR count). The Morgan fingerprint density at radius 2 is 2.04 bits per heavy atom. The Balaban J connectivity index is 1.53. The molecule has 1 aromatic carbocycles. The first kappa shape index (κ1) is 17.9. The number of carbonyl (C=O) groups is 1. The molecule has 0 spiro atoms. The van der Waals surface area contributed by atoms with Crippen LogP contribution < -0.4 is 0 Å². The minimum absolute atomic E-state index is 0.0459. The predicted molar refractivity (Wildman–Crippen MR) is 102 cm³/mol. The van der Waals surface area contributed by atoms with E-state index in [2.05, 4.69) is 15.1 Å². The van der Waals surface area contributed by atoms with Gasteiger partial charge < -0.3 is 4.90 Å². The number of hydrogen-bond acceptors (Lipinski definition) is 5. The molecule has 0 aliphatic carbocycles. The van der Waals surface area contributed by atoms with E-state index in [9.17, 15) is 9.18 Å². The molecule has 3 aromatic rings. The molecule has 6 nitrogen and oxygen atoms in total. The Labute approximate surface area is 160 Å². The highest BCUT2D eigenvalue weighted by molar-refractivity contribution is 7.99. The Bertz CT molecular complexity index is 1000. The lowest BCUT2D eigenvalue weighted by Crippen LogP contribution is -2.33. The largest absolute Gasteiger partial charge is 0.335 e. The highest BCUT2D eigenvalue weighted by Crippen LogP contribution is 2.35. The molecule has 1 fully saturated rings. The summed E-state index contributed by atoms with van der Waals surface area (Å²) in [5, 5.41) is 4.38. The van der Waals surface area contributed by atoms with Gasteiger partial charge in [0.25, 0.3) is 11.7 Å². The molecule has 0 radical (unpaired) electrons. The number of thioether (sulfide) groups is 1. The van der Waals surface area contributed by atoms with Crippen molar-refractivity contribution in [3.8, 4) is 0 Å². The van der Waals surface area contributed by atoms with Crippen LogP contribution in [0.3, 0.4) is 0 Å². The maximum Gasteiger partial charge on any atom is 0.293 e. The zero-order chi connectivity index (χ0) is 19.0. The van der Waals surface area contributed by atoms with Crippen LogP contribution in [0.25, 0.3) is 5.78 Å². The summed E-state index contributed by atoms with van der Waals surface area (Å²) in [6.07, 6.45) is 0.696. The monoisotopic (exact) mass is 385 g/mol. The van der Waals surface area contributed by atoms with E-state index >= 15 is 0 Å². The lowest BCUT2D eigenvalue weighted by Gasteiger charge is -2.18. The van der Waals surface area contributed by atoms with Gasteiger partial charge in [-0.05, 0) is 32.4 Å². The Morgan fingerprint density at radius 3 is 2.85 bits per heavy atom. The molecule has 1 atom stereocenters. The smallest absolute Gasteiger partial charge is 0.293 e. The first-order chi connectivity index (χ1) is 13.0. The number of halogens is 1. The van der Waals surface area contributed by atoms with Gasteiger partial charge in [0.05, 0.1) is 0 Å². The van der Waals surface area contributed by atoms with Gasteiger partial charge in [0.1, 0.15) is 5.82 Å². The van der Waals surface area contributed by atoms with Gasteiger partial charge in [-0.2, -0.15) is 16.7 Å². The molecule has 8 heteroatoms. The average Bonchev–Trinajstić information content (AvgIpc) is 2.92. The number of benzene rings is 1. The fourth-order valence-corrected chi connectivity index (χ4v) is 4.61. The van der Waals surface area contributed by atoms with E-state index in [-0.39, 0.29) is 22.8 Å². The van der Waals surface area contributed by atoms with Gasteiger partial charge in [-0.1, -0.05) is 18.2 Å². The molecule has 2 aromatic heterocycles. The zero-order valence-corrected chi connectivity index (χ0v) is 16.0. The van der Waals surface area contributed by atoms with Gasteiger partial charge in [0.15, 0.2) is 0 Å². The lowest BCUT2D eigenvalue weighted by molar-refractivity contribution is 0.0754. The van der Waals surface area contributed by atoms with Crippen LogP contribution in [0.15, 0.2) is 30.3 Å². The summed E-state index contributed by atoms with van der Waals surface area (Å²) in [4.78, 5) is 23.3. The second kappa shape index (κ2) is 7.26. The molecular formula is C19H20FN5OS. The second-order valence-electron chi connectivity index (χ2n) is 6.65. The van der Waals surface area contributed by atoms with Crippen molar-refractivity contribution in [2.24, 2.45) is 0 Å². The number of aryl methyl sites for hydroxylation is 2. The van der Waals surface area contributed by atoms with Crippen LogP contribution in [0.5, 0.6) is 0 Å². The SMILES string of the molecule is Cc1cc(C)n2nc(C(=O)N3CCS[C@H](c4ccccc4F)CC3)nc2n1. The molecule has 0 saturated carbocycles. The second-order valence-corrected chi connectivity index (χ2v) is 7.96. The first-order valence-corrected chi connectivity index (χ1v) is 9.94. The van der Waals surface area contributed by atoms with Crippen molar-refractivity contribution in [1.82, 2.24) is 24.5 Å². The first-order valence-electron chi connectivity index (χ1n) is 8.89. The molecule has 0 N–H and O–H groups in total. The van der Waals surface area contributed by atoms with Gasteiger partial charge in [-0.15, -0.1) is 5.10 Å². The fourth-order valence-electron chi connectivity index (χ4n) is 3.36. The third-order valence-corrected chi connectivity index (χ3v) is 6.00. The van der Waals surface area contributed by atoms with Crippen LogP contribution in [0.4, 0.5) is 4.39 Å². The van der Waals surface area contributed by atoms with E-state index in [1.807, 2.05) is 32.0 Å². The number of carbonyl (C=O) groups excluding carboxylic acids is 1. The third kappa shape index (κ3) is 3.53. The van der Waals surface area contributed by atoms with E-state index < -0.39 is 0 Å². The number of amides is 1. The minimum atomic E-state index is -0.202. The van der Waals surface area contributed by atoms with Crippen molar-refractivity contribution in [2.75, 3.05) is 18.8 Å². The summed E-state index contributed by atoms with van der Waals surface area (Å²) in [6, 6.07) is 8.76. The van der Waals surface area contributed by atoms with Crippen molar-refractivity contribution >= 4 is 23.4 Å². The van der Waals surface area contributed by atoms with Crippen LogP contribution in [-0.2, 0) is 0 Å². The summed E-state index contributed by atoms with van der Waals surface area (Å²) in [5.74, 6) is 0.949. The Morgan fingerprint density at radius 1 is 1.22 bits per heavy atom. The number of aromatic nitrogens is 4. The number of hydrogen-bond donors (Lipinski definition) is 0. The maximum absolute atomic E-state index is 14.1. The summed E-state index contributed by atoms with van der Waals surface area (Å²) in [7, 11) is 0. The highest BCUT2D eigenvalue weighted by atomic mass is 32.2. The molecule has 0 unspecified atom stereocenters. The number of rotatable bonds is 2. The van der Waals surface area contributed by atoms with Crippen LogP contribution in [0.1, 0.15) is 39.2 Å². The van der Waals surface area contributed by atoms with E-state index in [1.54, 1.807) is 27.2 Å². The van der Waals surface area contributed by atoms with Crippen molar-refractivity contribution < 1.29 is 9.18 Å². The third-order valence-electron chi connectivity index (χ3n) is 4.69. The van der Waals surface area contributed by atoms with Crippen molar-refractivity contribution in [3.05, 3.63) is 58.9 Å². The van der Waals surface area contributed by atoms with Crippen molar-refractivity contribution in [3.63, 3.8) is 0 Å². The van der Waals surface area contributed by atoms with Gasteiger partial charge in [0, 0.05) is 41.0 Å². The summed E-state index contributed by atoms with van der Waals surface area (Å²) >= 11 is 1.68. The fraction of sp³-hybridized carbons (Fsp3) is 0.368. The van der Waals surface area contributed by atoms with Crippen LogP contribution in [0, 0.1) is 19.7 Å². The molecule has 3 heterocycles. The molecule has 0 bridgehead atoms. The predicted octanol–water partition coefficient (Wildman–Crippen LogP) is 3.20. The standard InChI is InChI=1S/C19H20FN5OS/c1-12-11-13(2)25-19(21-12)22-17(23-25)18(26)24-8-7-16(27-10-9-24)14-5-3-4-6-15(14)20/h3-6,11,16H,7-10H2,1-2H3/t16-/m0/s1. The normalized spacial score (nSPS) is 17.9. The van der Waals surface area contributed by atoms with Crippen LogP contribution in [0.2, 0.25) is 0 Å². The number of nitrogens with zero attached hydrogens (tertiary/aromatic N) is 5. The van der Waals surface area contributed by atoms with E-state index in [0.717, 1.165) is 17.1 Å². The molecule has 1 aliphatic heterocycles. The van der Waals surface area contributed by atoms with Gasteiger partial charge in [-0.3, -0.25) is 4.79 Å². The summed E-state index contributed by atoms with van der Waals surface area (Å²) in [6.45, 7) is 4.94. The average molecular weight is 385 g/mol. The van der Waals surface area contributed by atoms with Crippen molar-refractivity contribution in [1.29, 1.82) is 0 Å². The zero-order valence-electron chi connectivity index (χ0n) is 15.2. The Hall–Kier alpha value is -2.48. The number of fused-ring (bicyclic) bond motifs is 1. The van der Waals surface area contributed by atoms with Gasteiger partial charge in [0.2, 0.25) is 5.82 Å². The summed E-state index contributed by atoms with van der Waals surface area (Å²) < 4.78 is 15.7. The molecular weight excluding hydrogens is 365 g/mol. The Kier molecular flexibility index (Phi) is 4.82. The summed E-state index contributed by atoms with van der Waals surface area (Å²) in [5.41, 5.74) is 2.43. The van der Waals surface area contributed by atoms with Gasteiger partial charge >= 0.3 is 0 Å². The molecule has 1 saturated heterocycles. The minimum Gasteiger partial charge on any atom is -0.335 e. The maximum atomic E-state index is 14.1. The van der Waals surface area contributed by atoms with Crippen molar-refractivity contribution in [2.45, 2.75) is 25.5 Å². The highest BCUT2D eigenvalue weighted by Gasteiger charge is 2.26. The topological polar surface area (TPSA) is 63.4 Å². The van der Waals surface area contributed by atoms with E-state index in [4.69, 9.17) is 0 Å². The van der Waals surface area contributed by atoms with E-state index in [0.29, 0.717) is 30.9 Å². The van der Waals surface area contributed by atoms with Gasteiger partial charge in [-0.25, -0.2) is 13.9 Å². The molecule has 27 heavy (non-hydrogen) atoms. The molecule has 1 amide bonds. The quantitative estimate of drug-likeness (QED) is 0.678. The molecule has 140 valence electrons.